The third-order valence-corrected chi connectivity index (χ3v) is 4.74. The molecule has 29 heavy (non-hydrogen) atoms. The van der Waals surface area contributed by atoms with Gasteiger partial charge in [-0.15, -0.1) is 0 Å². The number of rotatable bonds is 5. The van der Waals surface area contributed by atoms with Crippen LogP contribution in [0.25, 0.3) is 0 Å². The molecule has 0 atom stereocenters. The minimum absolute atomic E-state index is 0.472. The predicted octanol–water partition coefficient (Wildman–Crippen LogP) is 6.00. The maximum absolute atomic E-state index is 4.01. The number of nitrogens with one attached hydrogen (secondary N) is 2. The Morgan fingerprint density at radius 1 is 1.03 bits per heavy atom. The molecule has 0 aromatic heterocycles. The Balaban J connectivity index is 0.000000498. The molecule has 1 saturated carbocycles. The first-order valence-electron chi connectivity index (χ1n) is 10.5. The van der Waals surface area contributed by atoms with Crippen molar-refractivity contribution in [2.24, 2.45) is 9.98 Å². The van der Waals surface area contributed by atoms with Gasteiger partial charge in [0.2, 0.25) is 5.96 Å². The third-order valence-electron chi connectivity index (χ3n) is 4.74. The van der Waals surface area contributed by atoms with E-state index < -0.39 is 0 Å². The van der Waals surface area contributed by atoms with Crippen LogP contribution in [0.1, 0.15) is 58.4 Å². The summed E-state index contributed by atoms with van der Waals surface area (Å²) in [5.74, 6) is 1.29. The van der Waals surface area contributed by atoms with E-state index in [-0.39, 0.29) is 0 Å². The van der Waals surface area contributed by atoms with Crippen LogP contribution in [0.2, 0.25) is 0 Å². The number of nitrogens with zero attached hydrogens (tertiary/aromatic N) is 2. The monoisotopic (exact) mass is 396 g/mol. The van der Waals surface area contributed by atoms with Crippen molar-refractivity contribution in [2.75, 3.05) is 14.1 Å². The molecule has 1 fully saturated rings. The Morgan fingerprint density at radius 3 is 2.14 bits per heavy atom. The quantitative estimate of drug-likeness (QED) is 0.364. The molecule has 1 aromatic rings. The van der Waals surface area contributed by atoms with E-state index in [4.69, 9.17) is 0 Å². The lowest BCUT2D eigenvalue weighted by Gasteiger charge is -2.34. The summed E-state index contributed by atoms with van der Waals surface area (Å²) in [4.78, 5) is 7.95. The number of hydrogen-bond donors (Lipinski definition) is 2. The zero-order chi connectivity index (χ0) is 22.0. The summed E-state index contributed by atoms with van der Waals surface area (Å²) < 4.78 is 0. The van der Waals surface area contributed by atoms with Gasteiger partial charge in [-0.3, -0.25) is 4.99 Å². The van der Waals surface area contributed by atoms with Crippen molar-refractivity contribution < 1.29 is 0 Å². The van der Waals surface area contributed by atoms with E-state index >= 15 is 0 Å². The largest absolute Gasteiger partial charge is 0.375 e. The lowest BCUT2D eigenvalue weighted by Crippen LogP contribution is -2.28. The molecule has 4 heteroatoms. The van der Waals surface area contributed by atoms with Gasteiger partial charge in [0.1, 0.15) is 5.82 Å². The van der Waals surface area contributed by atoms with Gasteiger partial charge in [-0.25, -0.2) is 4.99 Å². The van der Waals surface area contributed by atoms with Gasteiger partial charge in [0, 0.05) is 20.3 Å². The maximum atomic E-state index is 4.01. The van der Waals surface area contributed by atoms with E-state index in [1.165, 1.54) is 37.7 Å². The highest BCUT2D eigenvalue weighted by Gasteiger charge is 2.27. The van der Waals surface area contributed by atoms with Crippen LogP contribution in [0.4, 0.5) is 0 Å². The summed E-state index contributed by atoms with van der Waals surface area (Å²) >= 11 is 0. The summed E-state index contributed by atoms with van der Waals surface area (Å²) in [5, 5.41) is 5.91. The minimum Gasteiger partial charge on any atom is -0.375 e. The Labute approximate surface area is 178 Å². The van der Waals surface area contributed by atoms with Crippen molar-refractivity contribution in [3.05, 3.63) is 73.1 Å². The van der Waals surface area contributed by atoms with Crippen LogP contribution in [0, 0.1) is 0 Å². The second-order valence-corrected chi connectivity index (χ2v) is 6.74. The van der Waals surface area contributed by atoms with Gasteiger partial charge in [-0.2, -0.15) is 0 Å². The highest BCUT2D eigenvalue weighted by atomic mass is 15.2. The molecule has 1 aliphatic rings. The molecule has 0 heterocycles. The summed E-state index contributed by atoms with van der Waals surface area (Å²) in [6.45, 7) is 13.5. The second-order valence-electron chi connectivity index (χ2n) is 6.74. The Kier molecular flexibility index (Phi) is 14.9. The van der Waals surface area contributed by atoms with Crippen LogP contribution < -0.4 is 10.6 Å². The van der Waals surface area contributed by atoms with Gasteiger partial charge in [0.05, 0.1) is 0 Å². The van der Waals surface area contributed by atoms with Crippen LogP contribution in [-0.4, -0.2) is 26.3 Å². The summed E-state index contributed by atoms with van der Waals surface area (Å²) in [7, 11) is 3.46. The molecule has 0 aliphatic heterocycles. The van der Waals surface area contributed by atoms with Crippen molar-refractivity contribution >= 4 is 12.2 Å². The highest BCUT2D eigenvalue weighted by Crippen LogP contribution is 2.38. The van der Waals surface area contributed by atoms with E-state index in [2.05, 4.69) is 71.0 Å². The van der Waals surface area contributed by atoms with E-state index in [1.807, 2.05) is 13.8 Å². The molecule has 0 spiro atoms. The Morgan fingerprint density at radius 2 is 1.66 bits per heavy atom. The zero-order valence-corrected chi connectivity index (χ0v) is 19.0. The standard InChI is InChI=1S/C13H18.C10H16N4.C2H6/c1-13(10-6-3-7-11-13)12-8-4-2-5-9-12;1-5-7-9(11-3)14-10(12-4)13-8-6-2;1-2/h2,4-5,8-9H,3,6-7,10-11H2,1H3;5-8,11H,1-2H2,3-4H3,(H,12,14);1-2H3/b;9-7+,13-8+;. The van der Waals surface area contributed by atoms with Crippen molar-refractivity contribution in [1.82, 2.24) is 10.6 Å². The van der Waals surface area contributed by atoms with E-state index in [0.717, 1.165) is 5.82 Å². The summed E-state index contributed by atoms with van der Waals surface area (Å²) in [6, 6.07) is 11.0. The van der Waals surface area contributed by atoms with Gasteiger partial charge in [-0.05, 0) is 29.9 Å². The SMILES string of the molecule is C=C/C=N/C(=NC)N/C(=C/C=C)NC.CC.CC1(c2ccccc2)CCCCC1. The molecule has 1 aliphatic carbocycles. The van der Waals surface area contributed by atoms with E-state index in [0.29, 0.717) is 11.4 Å². The average molecular weight is 397 g/mol. The molecule has 2 N–H and O–H groups in total. The van der Waals surface area contributed by atoms with Gasteiger partial charge >= 0.3 is 0 Å². The van der Waals surface area contributed by atoms with Gasteiger partial charge in [0.25, 0.3) is 0 Å². The fourth-order valence-electron chi connectivity index (χ4n) is 3.16. The lowest BCUT2D eigenvalue weighted by atomic mass is 9.71. The first kappa shape index (κ1) is 26.4. The van der Waals surface area contributed by atoms with Crippen LogP contribution in [0.3, 0.4) is 0 Å². The van der Waals surface area contributed by atoms with Crippen LogP contribution in [0.5, 0.6) is 0 Å². The first-order chi connectivity index (χ1) is 14.1. The molecular formula is C25H40N4. The fraction of sp³-hybridized carbons (Fsp3) is 0.440. The number of hydrogen-bond acceptors (Lipinski definition) is 2. The Hall–Kier alpha value is -2.62. The summed E-state index contributed by atoms with van der Waals surface area (Å²) in [6.07, 6.45) is 13.6. The van der Waals surface area contributed by atoms with Crippen LogP contribution in [-0.2, 0) is 5.41 Å². The van der Waals surface area contributed by atoms with Crippen LogP contribution >= 0.6 is 0 Å². The summed E-state index contributed by atoms with van der Waals surface area (Å²) in [5.41, 5.74) is 2.01. The molecule has 4 nitrogen and oxygen atoms in total. The molecule has 2 rings (SSSR count). The molecular weight excluding hydrogens is 356 g/mol. The van der Waals surface area contributed by atoms with Crippen molar-refractivity contribution in [2.45, 2.75) is 58.3 Å². The van der Waals surface area contributed by atoms with Gasteiger partial charge < -0.3 is 10.6 Å². The molecule has 0 saturated heterocycles. The van der Waals surface area contributed by atoms with E-state index in [1.54, 1.807) is 38.5 Å². The normalized spacial score (nSPS) is 15.9. The van der Waals surface area contributed by atoms with Gasteiger partial charge in [-0.1, -0.05) is 95.7 Å². The molecule has 0 unspecified atom stereocenters. The van der Waals surface area contributed by atoms with Gasteiger partial charge in [0.15, 0.2) is 0 Å². The fourth-order valence-corrected chi connectivity index (χ4v) is 3.16. The minimum atomic E-state index is 0.472. The maximum Gasteiger partial charge on any atom is 0.223 e. The molecule has 0 amide bonds. The topological polar surface area (TPSA) is 48.8 Å². The lowest BCUT2D eigenvalue weighted by molar-refractivity contribution is 0.319. The third kappa shape index (κ3) is 10.5. The van der Waals surface area contributed by atoms with Crippen molar-refractivity contribution in [3.63, 3.8) is 0 Å². The zero-order valence-electron chi connectivity index (χ0n) is 19.0. The van der Waals surface area contributed by atoms with Crippen LogP contribution in [0.15, 0.2) is 77.5 Å². The second kappa shape index (κ2) is 16.3. The van der Waals surface area contributed by atoms with Crippen molar-refractivity contribution in [3.8, 4) is 0 Å². The predicted molar refractivity (Wildman–Crippen MR) is 131 cm³/mol. The Bertz CT molecular complexity index is 651. The average Bonchev–Trinajstić information content (AvgIpc) is 2.79. The molecule has 0 radical (unpaired) electrons. The number of allylic oxidation sites excluding steroid dienone is 3. The molecule has 160 valence electrons. The van der Waals surface area contributed by atoms with Crippen molar-refractivity contribution in [1.29, 1.82) is 0 Å². The number of aliphatic imine (C=N–C) groups is 2. The van der Waals surface area contributed by atoms with E-state index in [9.17, 15) is 0 Å². The number of benzene rings is 1. The number of guanidine groups is 1. The smallest absolute Gasteiger partial charge is 0.223 e. The first-order valence-corrected chi connectivity index (χ1v) is 10.5. The molecule has 0 bridgehead atoms. The molecule has 1 aromatic carbocycles. The highest BCUT2D eigenvalue weighted by molar-refractivity contribution is 5.91.